The smallest absolute Gasteiger partial charge is 0.187 e. The summed E-state index contributed by atoms with van der Waals surface area (Å²) in [6.45, 7) is 8.46. The molecule has 0 fully saturated rings. The highest BCUT2D eigenvalue weighted by Crippen LogP contribution is 2.23. The monoisotopic (exact) mass is 338 g/mol. The zero-order valence-corrected chi connectivity index (χ0v) is 15.0. The number of hydrogen-bond acceptors (Lipinski definition) is 5. The Bertz CT molecular complexity index is 533. The summed E-state index contributed by atoms with van der Waals surface area (Å²) in [5.74, 6) is 0.187. The number of ether oxygens (including phenoxy) is 1. The predicted octanol–water partition coefficient (Wildman–Crippen LogP) is 2.07. The van der Waals surface area contributed by atoms with E-state index in [4.69, 9.17) is 17.0 Å². The van der Waals surface area contributed by atoms with Crippen LogP contribution in [-0.2, 0) is 4.74 Å². The number of anilines is 1. The first-order valence-corrected chi connectivity index (χ1v) is 8.09. The Morgan fingerprint density at radius 2 is 2.13 bits per heavy atom. The van der Waals surface area contributed by atoms with E-state index in [1.165, 1.54) is 6.21 Å². The number of phenols is 1. The van der Waals surface area contributed by atoms with Gasteiger partial charge in [-0.2, -0.15) is 5.10 Å². The van der Waals surface area contributed by atoms with Crippen LogP contribution < -0.4 is 15.6 Å². The molecule has 23 heavy (non-hydrogen) atoms. The number of rotatable bonds is 8. The first-order chi connectivity index (χ1) is 11.0. The predicted molar refractivity (Wildman–Crippen MR) is 99.5 cm³/mol. The van der Waals surface area contributed by atoms with E-state index in [-0.39, 0.29) is 11.8 Å². The lowest BCUT2D eigenvalue weighted by atomic mass is 10.2. The van der Waals surface area contributed by atoms with Crippen LogP contribution >= 0.6 is 12.2 Å². The van der Waals surface area contributed by atoms with Gasteiger partial charge in [0.05, 0.1) is 12.8 Å². The van der Waals surface area contributed by atoms with E-state index in [0.29, 0.717) is 17.3 Å². The molecule has 0 amide bonds. The van der Waals surface area contributed by atoms with Crippen molar-refractivity contribution in [1.82, 2.24) is 10.7 Å². The molecule has 1 aromatic carbocycles. The summed E-state index contributed by atoms with van der Waals surface area (Å²) in [5.41, 5.74) is 4.34. The van der Waals surface area contributed by atoms with Crippen LogP contribution in [0.2, 0.25) is 0 Å². The molecular weight excluding hydrogens is 312 g/mol. The van der Waals surface area contributed by atoms with Crippen molar-refractivity contribution >= 4 is 29.2 Å². The van der Waals surface area contributed by atoms with Gasteiger partial charge < -0.3 is 20.1 Å². The molecule has 0 aromatic heterocycles. The van der Waals surface area contributed by atoms with Gasteiger partial charge in [0.25, 0.3) is 0 Å². The van der Waals surface area contributed by atoms with Crippen LogP contribution in [0.25, 0.3) is 0 Å². The van der Waals surface area contributed by atoms with Gasteiger partial charge in [-0.1, -0.05) is 0 Å². The zero-order chi connectivity index (χ0) is 17.2. The van der Waals surface area contributed by atoms with E-state index in [1.807, 2.05) is 19.1 Å². The molecule has 1 aromatic rings. The Hall–Kier alpha value is -1.86. The second kappa shape index (κ2) is 10.0. The van der Waals surface area contributed by atoms with Crippen LogP contribution in [-0.4, -0.2) is 49.3 Å². The maximum absolute atomic E-state index is 10.1. The van der Waals surface area contributed by atoms with Gasteiger partial charge in [-0.05, 0) is 45.1 Å². The second-order valence-corrected chi connectivity index (χ2v) is 5.52. The average molecular weight is 338 g/mol. The molecule has 7 heteroatoms. The molecule has 3 N–H and O–H groups in total. The summed E-state index contributed by atoms with van der Waals surface area (Å²) in [6, 6.07) is 5.63. The number of methoxy groups -OCH3 is 1. The largest absolute Gasteiger partial charge is 0.507 e. The van der Waals surface area contributed by atoms with Crippen molar-refractivity contribution in [2.75, 3.05) is 31.7 Å². The summed E-state index contributed by atoms with van der Waals surface area (Å²) in [5, 5.41) is 17.6. The third-order valence-electron chi connectivity index (χ3n) is 3.31. The van der Waals surface area contributed by atoms with Crippen molar-refractivity contribution in [2.24, 2.45) is 5.10 Å². The molecule has 0 radical (unpaired) electrons. The number of thiocarbonyl (C=S) groups is 1. The number of nitrogens with one attached hydrogen (secondary N) is 2. The lowest BCUT2D eigenvalue weighted by Gasteiger charge is -2.21. The van der Waals surface area contributed by atoms with Crippen LogP contribution in [0.1, 0.15) is 26.3 Å². The van der Waals surface area contributed by atoms with Crippen LogP contribution in [0, 0.1) is 0 Å². The van der Waals surface area contributed by atoms with E-state index in [0.717, 1.165) is 18.8 Å². The van der Waals surface area contributed by atoms with Gasteiger partial charge in [0.1, 0.15) is 5.75 Å². The molecule has 0 saturated heterocycles. The van der Waals surface area contributed by atoms with Gasteiger partial charge in [-0.15, -0.1) is 0 Å². The SMILES string of the molecule is CCN(CC)c1ccc(/C=N/NC(=S)N[C@H](C)COC)c(O)c1. The van der Waals surface area contributed by atoms with Gasteiger partial charge in [-0.25, -0.2) is 0 Å². The Kier molecular flexibility index (Phi) is 8.36. The van der Waals surface area contributed by atoms with Gasteiger partial charge >= 0.3 is 0 Å². The molecule has 128 valence electrons. The summed E-state index contributed by atoms with van der Waals surface area (Å²) < 4.78 is 5.02. The lowest BCUT2D eigenvalue weighted by molar-refractivity contribution is 0.179. The number of benzene rings is 1. The minimum atomic E-state index is 0.0944. The van der Waals surface area contributed by atoms with Crippen LogP contribution in [0.15, 0.2) is 23.3 Å². The number of phenolic OH excluding ortho intramolecular Hbond substituents is 1. The van der Waals surface area contributed by atoms with Crippen molar-refractivity contribution in [3.8, 4) is 5.75 Å². The molecule has 0 heterocycles. The summed E-state index contributed by atoms with van der Waals surface area (Å²) >= 11 is 5.12. The van der Waals surface area contributed by atoms with Crippen molar-refractivity contribution in [2.45, 2.75) is 26.8 Å². The van der Waals surface area contributed by atoms with Gasteiger partial charge in [0.2, 0.25) is 0 Å². The van der Waals surface area contributed by atoms with E-state index in [9.17, 15) is 5.11 Å². The number of aromatic hydroxyl groups is 1. The molecule has 0 bridgehead atoms. The normalized spacial score (nSPS) is 12.2. The third-order valence-corrected chi connectivity index (χ3v) is 3.52. The van der Waals surface area contributed by atoms with Crippen LogP contribution in [0.5, 0.6) is 5.75 Å². The van der Waals surface area contributed by atoms with E-state index in [1.54, 1.807) is 13.2 Å². The molecule has 0 aliphatic rings. The standard InChI is InChI=1S/C16H26N4O2S/c1-5-20(6-2)14-8-7-13(15(21)9-14)10-17-19-16(23)18-12(3)11-22-4/h7-10,12,21H,5-6,11H2,1-4H3,(H2,18,19,23)/b17-10+/t12-/m1/s1. The Morgan fingerprint density at radius 1 is 1.43 bits per heavy atom. The molecule has 0 spiro atoms. The molecule has 1 atom stereocenters. The Morgan fingerprint density at radius 3 is 2.70 bits per heavy atom. The molecule has 1 rings (SSSR count). The molecular formula is C16H26N4O2S. The number of hydrogen-bond donors (Lipinski definition) is 3. The highest BCUT2D eigenvalue weighted by Gasteiger charge is 2.06. The Balaban J connectivity index is 2.62. The number of hydrazone groups is 1. The highest BCUT2D eigenvalue weighted by molar-refractivity contribution is 7.80. The second-order valence-electron chi connectivity index (χ2n) is 5.12. The van der Waals surface area contributed by atoms with Crippen molar-refractivity contribution < 1.29 is 9.84 Å². The van der Waals surface area contributed by atoms with Crippen LogP contribution in [0.3, 0.4) is 0 Å². The molecule has 0 unspecified atom stereocenters. The summed E-state index contributed by atoms with van der Waals surface area (Å²) in [6.07, 6.45) is 1.54. The third kappa shape index (κ3) is 6.42. The van der Waals surface area contributed by atoms with E-state index < -0.39 is 0 Å². The molecule has 6 nitrogen and oxygen atoms in total. The quantitative estimate of drug-likeness (QED) is 0.383. The molecule has 0 aliphatic carbocycles. The topological polar surface area (TPSA) is 69.1 Å². The highest BCUT2D eigenvalue weighted by atomic mass is 32.1. The fraction of sp³-hybridized carbons (Fsp3) is 0.500. The van der Waals surface area contributed by atoms with E-state index in [2.05, 4.69) is 34.6 Å². The first-order valence-electron chi connectivity index (χ1n) is 7.68. The first kappa shape index (κ1) is 19.2. The number of nitrogens with zero attached hydrogens (tertiary/aromatic N) is 2. The minimum absolute atomic E-state index is 0.0944. The summed E-state index contributed by atoms with van der Waals surface area (Å²) in [4.78, 5) is 2.16. The zero-order valence-electron chi connectivity index (χ0n) is 14.2. The molecule has 0 aliphatic heterocycles. The van der Waals surface area contributed by atoms with Crippen LogP contribution in [0.4, 0.5) is 5.69 Å². The Labute approximate surface area is 143 Å². The molecule has 0 saturated carbocycles. The van der Waals surface area contributed by atoms with Gasteiger partial charge in [-0.3, -0.25) is 5.43 Å². The van der Waals surface area contributed by atoms with Gasteiger partial charge in [0.15, 0.2) is 5.11 Å². The maximum atomic E-state index is 10.1. The van der Waals surface area contributed by atoms with Crippen molar-refractivity contribution in [3.63, 3.8) is 0 Å². The van der Waals surface area contributed by atoms with E-state index >= 15 is 0 Å². The summed E-state index contributed by atoms with van der Waals surface area (Å²) in [7, 11) is 1.64. The lowest BCUT2D eigenvalue weighted by Crippen LogP contribution is -2.40. The fourth-order valence-electron chi connectivity index (χ4n) is 2.13. The fourth-order valence-corrected chi connectivity index (χ4v) is 2.39. The average Bonchev–Trinajstić information content (AvgIpc) is 2.50. The minimum Gasteiger partial charge on any atom is -0.507 e. The maximum Gasteiger partial charge on any atom is 0.187 e. The van der Waals surface area contributed by atoms with Gasteiger partial charge in [0, 0.05) is 43.6 Å². The van der Waals surface area contributed by atoms with Crippen molar-refractivity contribution in [3.05, 3.63) is 23.8 Å². The van der Waals surface area contributed by atoms with Crippen molar-refractivity contribution in [1.29, 1.82) is 0 Å².